The Kier molecular flexibility index (Phi) is 9.34. The van der Waals surface area contributed by atoms with Gasteiger partial charge in [-0.15, -0.1) is 0 Å². The van der Waals surface area contributed by atoms with Crippen LogP contribution in [0.2, 0.25) is 0 Å². The predicted molar refractivity (Wildman–Crippen MR) is 121 cm³/mol. The summed E-state index contributed by atoms with van der Waals surface area (Å²) in [7, 11) is 0. The average Bonchev–Trinajstić information content (AvgIpc) is 2.72. The van der Waals surface area contributed by atoms with Crippen LogP contribution in [-0.2, 0) is 0 Å². The Labute approximate surface area is 167 Å². The number of benzene rings is 2. The van der Waals surface area contributed by atoms with Gasteiger partial charge in [-0.05, 0) is 35.6 Å². The number of fused-ring (bicyclic) bond motifs is 1. The highest BCUT2D eigenvalue weighted by Crippen LogP contribution is 2.39. The van der Waals surface area contributed by atoms with Crippen molar-refractivity contribution >= 4 is 10.8 Å². The molecule has 0 saturated heterocycles. The molecule has 1 atom stereocenters. The zero-order valence-electron chi connectivity index (χ0n) is 18.0. The molecule has 2 N–H and O–H groups in total. The average molecular weight is 368 g/mol. The molecule has 0 saturated carbocycles. The van der Waals surface area contributed by atoms with Crippen LogP contribution in [0.25, 0.3) is 10.8 Å². The Morgan fingerprint density at radius 2 is 1.33 bits per heavy atom. The van der Waals surface area contributed by atoms with Crippen LogP contribution in [0.15, 0.2) is 42.5 Å². The van der Waals surface area contributed by atoms with E-state index in [4.69, 9.17) is 5.73 Å². The quantitative estimate of drug-likeness (QED) is 0.357. The van der Waals surface area contributed by atoms with Gasteiger partial charge in [0.05, 0.1) is 0 Å². The maximum absolute atomic E-state index is 6.96. The second kappa shape index (κ2) is 11.5. The fraction of sp³-hybridized carbons (Fsp3) is 0.615. The Balaban J connectivity index is 2.06. The molecule has 1 heteroatoms. The van der Waals surface area contributed by atoms with Gasteiger partial charge in [0.2, 0.25) is 0 Å². The van der Waals surface area contributed by atoms with Crippen molar-refractivity contribution in [2.45, 2.75) is 103 Å². The van der Waals surface area contributed by atoms with E-state index in [2.05, 4.69) is 63.2 Å². The van der Waals surface area contributed by atoms with E-state index in [9.17, 15) is 0 Å². The first-order valence-corrected chi connectivity index (χ1v) is 11.4. The molecular weight excluding hydrogens is 326 g/mol. The molecule has 0 aliphatic carbocycles. The molecule has 0 aromatic heterocycles. The lowest BCUT2D eigenvalue weighted by atomic mass is 9.72. The van der Waals surface area contributed by atoms with Crippen molar-refractivity contribution in [2.24, 2.45) is 5.73 Å². The van der Waals surface area contributed by atoms with Crippen LogP contribution in [0, 0.1) is 0 Å². The molecule has 2 aromatic carbocycles. The van der Waals surface area contributed by atoms with Gasteiger partial charge in [-0.1, -0.05) is 115 Å². The van der Waals surface area contributed by atoms with Gasteiger partial charge in [0.1, 0.15) is 0 Å². The molecule has 2 aromatic rings. The minimum atomic E-state index is -0.106. The summed E-state index contributed by atoms with van der Waals surface area (Å²) in [6.45, 7) is 6.80. The molecule has 0 radical (unpaired) electrons. The molecule has 0 aliphatic rings. The smallest absolute Gasteiger partial charge is 0.0218 e. The molecule has 27 heavy (non-hydrogen) atoms. The summed E-state index contributed by atoms with van der Waals surface area (Å²) in [5.74, 6) is 0.443. The third kappa shape index (κ3) is 6.07. The molecule has 0 bridgehead atoms. The van der Waals surface area contributed by atoms with Crippen LogP contribution in [-0.4, -0.2) is 5.54 Å². The lowest BCUT2D eigenvalue weighted by molar-refractivity contribution is 0.301. The highest BCUT2D eigenvalue weighted by Gasteiger charge is 2.33. The van der Waals surface area contributed by atoms with Gasteiger partial charge < -0.3 is 5.73 Å². The standard InChI is InChI=1S/C26H41N/c1-4-7-8-9-10-11-12-13-21-25(26(27,5-2)6-3)24-20-16-18-22-17-14-15-19-23(22)24/h14-20,25H,4-13,21,27H2,1-3H3. The van der Waals surface area contributed by atoms with Gasteiger partial charge in [0.15, 0.2) is 0 Å². The van der Waals surface area contributed by atoms with E-state index in [1.165, 1.54) is 74.1 Å². The van der Waals surface area contributed by atoms with Crippen LogP contribution < -0.4 is 5.73 Å². The van der Waals surface area contributed by atoms with Gasteiger partial charge in [-0.2, -0.15) is 0 Å². The summed E-state index contributed by atoms with van der Waals surface area (Å²) in [6, 6.07) is 15.6. The molecular formula is C26H41N. The first kappa shape index (κ1) is 22.0. The van der Waals surface area contributed by atoms with E-state index >= 15 is 0 Å². The van der Waals surface area contributed by atoms with Gasteiger partial charge in [-0.25, -0.2) is 0 Å². The third-order valence-corrected chi connectivity index (χ3v) is 6.56. The van der Waals surface area contributed by atoms with E-state index in [1.54, 1.807) is 0 Å². The second-order valence-electron chi connectivity index (χ2n) is 8.32. The van der Waals surface area contributed by atoms with Gasteiger partial charge in [0, 0.05) is 11.5 Å². The van der Waals surface area contributed by atoms with Crippen molar-refractivity contribution in [3.63, 3.8) is 0 Å². The normalized spacial score (nSPS) is 13.2. The fourth-order valence-electron chi connectivity index (χ4n) is 4.53. The number of unbranched alkanes of at least 4 members (excludes halogenated alkanes) is 7. The predicted octanol–water partition coefficient (Wildman–Crippen LogP) is 7.97. The van der Waals surface area contributed by atoms with E-state index in [0.29, 0.717) is 5.92 Å². The molecule has 0 fully saturated rings. The van der Waals surface area contributed by atoms with Crippen molar-refractivity contribution in [3.05, 3.63) is 48.0 Å². The Morgan fingerprint density at radius 3 is 2.00 bits per heavy atom. The first-order valence-electron chi connectivity index (χ1n) is 11.4. The molecule has 1 unspecified atom stereocenters. The summed E-state index contributed by atoms with van der Waals surface area (Å²) in [5, 5.41) is 2.73. The van der Waals surface area contributed by atoms with E-state index < -0.39 is 0 Å². The highest BCUT2D eigenvalue weighted by atomic mass is 14.8. The maximum Gasteiger partial charge on any atom is 0.0218 e. The number of hydrogen-bond acceptors (Lipinski definition) is 1. The SMILES string of the molecule is CCCCCCCCCCC(c1cccc2ccccc12)C(N)(CC)CC. The summed E-state index contributed by atoms with van der Waals surface area (Å²) in [6.07, 6.45) is 14.2. The zero-order chi connectivity index (χ0) is 19.5. The van der Waals surface area contributed by atoms with Crippen LogP contribution in [0.1, 0.15) is 103 Å². The largest absolute Gasteiger partial charge is 0.325 e. The third-order valence-electron chi connectivity index (χ3n) is 6.56. The van der Waals surface area contributed by atoms with Crippen molar-refractivity contribution in [1.82, 2.24) is 0 Å². The summed E-state index contributed by atoms with van der Waals surface area (Å²) >= 11 is 0. The fourth-order valence-corrected chi connectivity index (χ4v) is 4.53. The monoisotopic (exact) mass is 367 g/mol. The van der Waals surface area contributed by atoms with E-state index in [-0.39, 0.29) is 5.54 Å². The molecule has 0 amide bonds. The Bertz CT molecular complexity index is 651. The number of hydrogen-bond donors (Lipinski definition) is 1. The van der Waals surface area contributed by atoms with Gasteiger partial charge in [-0.3, -0.25) is 0 Å². The molecule has 1 nitrogen and oxygen atoms in total. The highest BCUT2D eigenvalue weighted by molar-refractivity contribution is 5.86. The van der Waals surface area contributed by atoms with E-state index in [0.717, 1.165) is 12.8 Å². The van der Waals surface area contributed by atoms with Crippen LogP contribution in [0.3, 0.4) is 0 Å². The van der Waals surface area contributed by atoms with Crippen molar-refractivity contribution in [2.75, 3.05) is 0 Å². The molecule has 0 heterocycles. The second-order valence-corrected chi connectivity index (χ2v) is 8.32. The summed E-state index contributed by atoms with van der Waals surface area (Å²) in [5.41, 5.74) is 8.31. The van der Waals surface area contributed by atoms with Crippen molar-refractivity contribution in [3.8, 4) is 0 Å². The van der Waals surface area contributed by atoms with Gasteiger partial charge >= 0.3 is 0 Å². The van der Waals surface area contributed by atoms with Crippen LogP contribution >= 0.6 is 0 Å². The molecule has 2 rings (SSSR count). The molecule has 0 spiro atoms. The molecule has 150 valence electrons. The van der Waals surface area contributed by atoms with Gasteiger partial charge in [0.25, 0.3) is 0 Å². The molecule has 0 aliphatic heterocycles. The van der Waals surface area contributed by atoms with E-state index in [1.807, 2.05) is 0 Å². The minimum Gasteiger partial charge on any atom is -0.325 e. The lowest BCUT2D eigenvalue weighted by Gasteiger charge is -2.37. The van der Waals surface area contributed by atoms with Crippen LogP contribution in [0.5, 0.6) is 0 Å². The minimum absolute atomic E-state index is 0.106. The topological polar surface area (TPSA) is 26.0 Å². The maximum atomic E-state index is 6.96. The Morgan fingerprint density at radius 1 is 0.741 bits per heavy atom. The summed E-state index contributed by atoms with van der Waals surface area (Å²) in [4.78, 5) is 0. The van der Waals surface area contributed by atoms with Crippen molar-refractivity contribution < 1.29 is 0 Å². The zero-order valence-corrected chi connectivity index (χ0v) is 18.0. The van der Waals surface area contributed by atoms with Crippen LogP contribution in [0.4, 0.5) is 0 Å². The number of nitrogens with two attached hydrogens (primary N) is 1. The number of rotatable bonds is 13. The summed E-state index contributed by atoms with van der Waals surface area (Å²) < 4.78 is 0. The Hall–Kier alpha value is -1.34. The lowest BCUT2D eigenvalue weighted by Crippen LogP contribution is -2.44. The van der Waals surface area contributed by atoms with Crippen molar-refractivity contribution in [1.29, 1.82) is 0 Å². The first-order chi connectivity index (χ1) is 13.2.